The van der Waals surface area contributed by atoms with E-state index < -0.39 is 11.6 Å². The number of hydrogen-bond donors (Lipinski definition) is 1. The van der Waals surface area contributed by atoms with Gasteiger partial charge < -0.3 is 5.32 Å². The van der Waals surface area contributed by atoms with Crippen molar-refractivity contribution < 1.29 is 8.78 Å². The molecule has 0 bridgehead atoms. The minimum absolute atomic E-state index is 0.277. The predicted molar refractivity (Wildman–Crippen MR) is 75.4 cm³/mol. The van der Waals surface area contributed by atoms with Gasteiger partial charge in [0, 0.05) is 24.2 Å². The molecule has 1 aromatic heterocycles. The molecule has 100 valence electrons. The number of aromatic nitrogens is 1. The van der Waals surface area contributed by atoms with Crippen LogP contribution in [0.15, 0.2) is 54.7 Å². The fraction of sp³-hybridized carbons (Fsp3) is 0.0625. The summed E-state index contributed by atoms with van der Waals surface area (Å²) in [6.07, 6.45) is 1.73. The Labute approximate surface area is 115 Å². The molecule has 3 aromatic rings. The Hall–Kier alpha value is -2.49. The number of hydrogen-bond acceptors (Lipinski definition) is 2. The first-order chi connectivity index (χ1) is 9.74. The van der Waals surface area contributed by atoms with Crippen molar-refractivity contribution in [3.63, 3.8) is 0 Å². The van der Waals surface area contributed by atoms with Crippen LogP contribution < -0.4 is 5.32 Å². The maximum Gasteiger partial charge on any atom is 0.149 e. The number of nitrogens with one attached hydrogen (secondary N) is 1. The van der Waals surface area contributed by atoms with E-state index in [2.05, 4.69) is 10.3 Å². The van der Waals surface area contributed by atoms with Crippen molar-refractivity contribution in [2.75, 3.05) is 5.32 Å². The van der Waals surface area contributed by atoms with Gasteiger partial charge in [0.25, 0.3) is 0 Å². The van der Waals surface area contributed by atoms with E-state index >= 15 is 0 Å². The number of anilines is 1. The maximum atomic E-state index is 13.5. The van der Waals surface area contributed by atoms with Gasteiger partial charge in [-0.1, -0.05) is 24.3 Å². The number of halogens is 2. The SMILES string of the molecule is Fc1ccc(NCc2cccc3cccnc23)c(F)c1. The van der Waals surface area contributed by atoms with E-state index in [1.165, 1.54) is 12.1 Å². The average Bonchev–Trinajstić information content (AvgIpc) is 2.46. The van der Waals surface area contributed by atoms with Crippen LogP contribution in [-0.2, 0) is 6.54 Å². The van der Waals surface area contributed by atoms with E-state index in [0.717, 1.165) is 22.5 Å². The van der Waals surface area contributed by atoms with Gasteiger partial charge in [0.1, 0.15) is 11.6 Å². The van der Waals surface area contributed by atoms with E-state index in [4.69, 9.17) is 0 Å². The van der Waals surface area contributed by atoms with Crippen LogP contribution in [0.2, 0.25) is 0 Å². The van der Waals surface area contributed by atoms with Gasteiger partial charge >= 0.3 is 0 Å². The van der Waals surface area contributed by atoms with Crippen molar-refractivity contribution in [3.8, 4) is 0 Å². The van der Waals surface area contributed by atoms with Gasteiger partial charge in [0.2, 0.25) is 0 Å². The van der Waals surface area contributed by atoms with Gasteiger partial charge in [0.15, 0.2) is 0 Å². The molecule has 2 nitrogen and oxygen atoms in total. The molecular formula is C16H12F2N2. The van der Waals surface area contributed by atoms with Crippen LogP contribution in [0.5, 0.6) is 0 Å². The molecule has 0 radical (unpaired) electrons. The molecule has 0 spiro atoms. The van der Waals surface area contributed by atoms with E-state index in [1.54, 1.807) is 6.20 Å². The van der Waals surface area contributed by atoms with Crippen molar-refractivity contribution >= 4 is 16.6 Å². The van der Waals surface area contributed by atoms with Crippen LogP contribution in [0.25, 0.3) is 10.9 Å². The van der Waals surface area contributed by atoms with Crippen molar-refractivity contribution in [2.45, 2.75) is 6.54 Å². The fourth-order valence-electron chi connectivity index (χ4n) is 2.13. The third kappa shape index (κ3) is 2.45. The van der Waals surface area contributed by atoms with Crippen molar-refractivity contribution in [3.05, 3.63) is 71.9 Å². The molecule has 0 amide bonds. The minimum Gasteiger partial charge on any atom is -0.379 e. The third-order valence-corrected chi connectivity index (χ3v) is 3.12. The van der Waals surface area contributed by atoms with Gasteiger partial charge in [0.05, 0.1) is 11.2 Å². The summed E-state index contributed by atoms with van der Waals surface area (Å²) in [4.78, 5) is 4.34. The first-order valence-corrected chi connectivity index (χ1v) is 6.25. The highest BCUT2D eigenvalue weighted by Crippen LogP contribution is 2.19. The summed E-state index contributed by atoms with van der Waals surface area (Å²) in [5.74, 6) is -1.18. The summed E-state index contributed by atoms with van der Waals surface area (Å²) in [6, 6.07) is 13.2. The Balaban J connectivity index is 1.87. The zero-order chi connectivity index (χ0) is 13.9. The van der Waals surface area contributed by atoms with E-state index in [9.17, 15) is 8.78 Å². The zero-order valence-corrected chi connectivity index (χ0v) is 10.6. The fourth-order valence-corrected chi connectivity index (χ4v) is 2.13. The van der Waals surface area contributed by atoms with Gasteiger partial charge in [-0.05, 0) is 23.8 Å². The number of para-hydroxylation sites is 1. The molecule has 0 saturated heterocycles. The van der Waals surface area contributed by atoms with E-state index in [0.29, 0.717) is 6.54 Å². The second kappa shape index (κ2) is 5.25. The highest BCUT2D eigenvalue weighted by molar-refractivity contribution is 5.81. The molecule has 1 N–H and O–H groups in total. The lowest BCUT2D eigenvalue weighted by Gasteiger charge is -2.09. The topological polar surface area (TPSA) is 24.9 Å². The van der Waals surface area contributed by atoms with Crippen LogP contribution in [0.1, 0.15) is 5.56 Å². The molecular weight excluding hydrogens is 258 g/mol. The highest BCUT2D eigenvalue weighted by atomic mass is 19.1. The number of pyridine rings is 1. The summed E-state index contributed by atoms with van der Waals surface area (Å²) >= 11 is 0. The summed E-state index contributed by atoms with van der Waals surface area (Å²) in [5.41, 5.74) is 2.12. The quantitative estimate of drug-likeness (QED) is 0.774. The monoisotopic (exact) mass is 270 g/mol. The van der Waals surface area contributed by atoms with Crippen LogP contribution in [0, 0.1) is 11.6 Å². The van der Waals surface area contributed by atoms with E-state index in [-0.39, 0.29) is 5.69 Å². The lowest BCUT2D eigenvalue weighted by atomic mass is 10.1. The summed E-state index contributed by atoms with van der Waals surface area (Å²) in [6.45, 7) is 0.427. The summed E-state index contributed by atoms with van der Waals surface area (Å²) < 4.78 is 26.4. The summed E-state index contributed by atoms with van der Waals surface area (Å²) in [7, 11) is 0. The number of fused-ring (bicyclic) bond motifs is 1. The van der Waals surface area contributed by atoms with Gasteiger partial charge in [-0.25, -0.2) is 8.78 Å². The number of nitrogens with zero attached hydrogens (tertiary/aromatic N) is 1. The van der Waals surface area contributed by atoms with Crippen molar-refractivity contribution in [1.82, 2.24) is 4.98 Å². The van der Waals surface area contributed by atoms with Crippen LogP contribution >= 0.6 is 0 Å². The molecule has 0 fully saturated rings. The van der Waals surface area contributed by atoms with Crippen molar-refractivity contribution in [1.29, 1.82) is 0 Å². The molecule has 4 heteroatoms. The Morgan fingerprint density at radius 3 is 2.70 bits per heavy atom. The zero-order valence-electron chi connectivity index (χ0n) is 10.6. The lowest BCUT2D eigenvalue weighted by Crippen LogP contribution is -2.02. The Morgan fingerprint density at radius 1 is 1.00 bits per heavy atom. The first kappa shape index (κ1) is 12.5. The smallest absolute Gasteiger partial charge is 0.149 e. The van der Waals surface area contributed by atoms with Crippen LogP contribution in [-0.4, -0.2) is 4.98 Å². The van der Waals surface area contributed by atoms with Crippen molar-refractivity contribution in [2.24, 2.45) is 0 Å². The number of benzene rings is 2. The molecule has 2 aromatic carbocycles. The largest absolute Gasteiger partial charge is 0.379 e. The molecule has 0 aliphatic carbocycles. The Bertz CT molecular complexity index is 751. The molecule has 0 saturated carbocycles. The minimum atomic E-state index is -0.599. The average molecular weight is 270 g/mol. The normalized spacial score (nSPS) is 10.7. The molecule has 0 aliphatic rings. The first-order valence-electron chi connectivity index (χ1n) is 6.25. The van der Waals surface area contributed by atoms with Gasteiger partial charge in [-0.3, -0.25) is 4.98 Å². The van der Waals surface area contributed by atoms with Gasteiger partial charge in [-0.2, -0.15) is 0 Å². The maximum absolute atomic E-state index is 13.5. The highest BCUT2D eigenvalue weighted by Gasteiger charge is 2.05. The van der Waals surface area contributed by atoms with Crippen LogP contribution in [0.3, 0.4) is 0 Å². The molecule has 0 unspecified atom stereocenters. The molecule has 0 aliphatic heterocycles. The molecule has 20 heavy (non-hydrogen) atoms. The summed E-state index contributed by atoms with van der Waals surface area (Å²) in [5, 5.41) is 4.00. The van der Waals surface area contributed by atoms with E-state index in [1.807, 2.05) is 30.3 Å². The Morgan fingerprint density at radius 2 is 1.85 bits per heavy atom. The molecule has 3 rings (SSSR count). The third-order valence-electron chi connectivity index (χ3n) is 3.12. The predicted octanol–water partition coefficient (Wildman–Crippen LogP) is 4.13. The molecule has 1 heterocycles. The number of rotatable bonds is 3. The Kier molecular flexibility index (Phi) is 3.29. The second-order valence-electron chi connectivity index (χ2n) is 4.47. The molecule has 0 atom stereocenters. The lowest BCUT2D eigenvalue weighted by molar-refractivity contribution is 0.585. The van der Waals surface area contributed by atoms with Crippen LogP contribution in [0.4, 0.5) is 14.5 Å². The second-order valence-corrected chi connectivity index (χ2v) is 4.47. The standard InChI is InChI=1S/C16H12F2N2/c17-13-6-7-15(14(18)9-13)20-10-12-4-1-3-11-5-2-8-19-16(11)12/h1-9,20H,10H2. The van der Waals surface area contributed by atoms with Gasteiger partial charge in [-0.15, -0.1) is 0 Å².